The van der Waals surface area contributed by atoms with Gasteiger partial charge in [0.2, 0.25) is 0 Å². The van der Waals surface area contributed by atoms with Crippen molar-refractivity contribution in [2.45, 2.75) is 47.0 Å². The number of nitrogens with zero attached hydrogens (tertiary/aromatic N) is 1. The molecule has 14 heavy (non-hydrogen) atoms. The molecule has 0 spiro atoms. The van der Waals surface area contributed by atoms with Gasteiger partial charge in [0.25, 0.3) is 0 Å². The summed E-state index contributed by atoms with van der Waals surface area (Å²) in [6, 6.07) is 0. The highest BCUT2D eigenvalue weighted by Gasteiger charge is 2.24. The van der Waals surface area contributed by atoms with Crippen LogP contribution in [0.15, 0.2) is 0 Å². The van der Waals surface area contributed by atoms with Crippen molar-refractivity contribution in [1.29, 1.82) is 0 Å². The fourth-order valence-electron chi connectivity index (χ4n) is 2.40. The quantitative estimate of drug-likeness (QED) is 0.667. The van der Waals surface area contributed by atoms with Crippen LogP contribution in [-0.4, -0.2) is 24.5 Å². The van der Waals surface area contributed by atoms with Gasteiger partial charge in [-0.1, -0.05) is 34.1 Å². The molecule has 0 aromatic carbocycles. The molecule has 1 unspecified atom stereocenters. The van der Waals surface area contributed by atoms with Crippen molar-refractivity contribution in [2.75, 3.05) is 19.6 Å². The molecule has 1 rings (SSSR count). The van der Waals surface area contributed by atoms with Crippen LogP contribution < -0.4 is 0 Å². The Hall–Kier alpha value is -0.0400. The lowest BCUT2D eigenvalue weighted by Crippen LogP contribution is -2.40. The lowest BCUT2D eigenvalue weighted by atomic mass is 9.85. The van der Waals surface area contributed by atoms with E-state index in [1.54, 1.807) is 0 Å². The molecule has 1 heterocycles. The van der Waals surface area contributed by atoms with E-state index in [-0.39, 0.29) is 0 Å². The molecule has 1 fully saturated rings. The first kappa shape index (κ1) is 12.0. The van der Waals surface area contributed by atoms with Crippen molar-refractivity contribution in [3.63, 3.8) is 0 Å². The van der Waals surface area contributed by atoms with Gasteiger partial charge in [-0.15, -0.1) is 0 Å². The van der Waals surface area contributed by atoms with Gasteiger partial charge in [-0.3, -0.25) is 0 Å². The molecule has 1 aliphatic heterocycles. The first-order valence-corrected chi connectivity index (χ1v) is 6.35. The van der Waals surface area contributed by atoms with Crippen molar-refractivity contribution < 1.29 is 0 Å². The first-order chi connectivity index (χ1) is 6.63. The average Bonchev–Trinajstić information content (AvgIpc) is 2.16. The second-order valence-electron chi connectivity index (χ2n) is 5.42. The van der Waals surface area contributed by atoms with E-state index in [9.17, 15) is 0 Å². The van der Waals surface area contributed by atoms with Crippen molar-refractivity contribution in [2.24, 2.45) is 17.8 Å². The molecule has 0 saturated carbocycles. The Morgan fingerprint density at radius 2 is 2.07 bits per heavy atom. The van der Waals surface area contributed by atoms with Gasteiger partial charge in [-0.05, 0) is 43.7 Å². The summed E-state index contributed by atoms with van der Waals surface area (Å²) in [5, 5.41) is 0. The minimum atomic E-state index is 0.856. The van der Waals surface area contributed by atoms with Gasteiger partial charge in [0, 0.05) is 6.54 Å². The third-order valence-corrected chi connectivity index (χ3v) is 3.75. The van der Waals surface area contributed by atoms with Crippen LogP contribution in [0.1, 0.15) is 47.0 Å². The molecule has 1 heteroatoms. The molecule has 0 bridgehead atoms. The minimum Gasteiger partial charge on any atom is -0.303 e. The Bertz CT molecular complexity index is 153. The molecule has 2 atom stereocenters. The lowest BCUT2D eigenvalue weighted by molar-refractivity contribution is 0.120. The van der Waals surface area contributed by atoms with E-state index in [0.29, 0.717) is 0 Å². The smallest absolute Gasteiger partial charge is 0.00121 e. The van der Waals surface area contributed by atoms with Crippen LogP contribution >= 0.6 is 0 Å². The third kappa shape index (κ3) is 3.61. The normalized spacial score (nSPS) is 29.8. The summed E-state index contributed by atoms with van der Waals surface area (Å²) in [6.45, 7) is 13.4. The van der Waals surface area contributed by atoms with Crippen LogP contribution in [0.5, 0.6) is 0 Å². The monoisotopic (exact) mass is 197 g/mol. The number of hydrogen-bond donors (Lipinski definition) is 0. The SMILES string of the molecule is CCC1CN(CCC(C)C)CC[C@H]1C. The minimum absolute atomic E-state index is 0.856. The molecule has 0 amide bonds. The predicted molar refractivity (Wildman–Crippen MR) is 63.5 cm³/mol. The second-order valence-corrected chi connectivity index (χ2v) is 5.42. The topological polar surface area (TPSA) is 3.24 Å². The summed E-state index contributed by atoms with van der Waals surface area (Å²) < 4.78 is 0. The molecule has 0 radical (unpaired) electrons. The number of rotatable bonds is 4. The summed E-state index contributed by atoms with van der Waals surface area (Å²) >= 11 is 0. The Morgan fingerprint density at radius 3 is 2.64 bits per heavy atom. The third-order valence-electron chi connectivity index (χ3n) is 3.75. The van der Waals surface area contributed by atoms with Gasteiger partial charge in [0.05, 0.1) is 0 Å². The van der Waals surface area contributed by atoms with Crippen LogP contribution in [-0.2, 0) is 0 Å². The highest BCUT2D eigenvalue weighted by atomic mass is 15.1. The number of hydrogen-bond acceptors (Lipinski definition) is 1. The van der Waals surface area contributed by atoms with Gasteiger partial charge in [-0.2, -0.15) is 0 Å². The van der Waals surface area contributed by atoms with Crippen molar-refractivity contribution in [3.8, 4) is 0 Å². The van der Waals surface area contributed by atoms with Gasteiger partial charge < -0.3 is 4.90 Å². The van der Waals surface area contributed by atoms with E-state index in [1.165, 1.54) is 38.9 Å². The van der Waals surface area contributed by atoms with E-state index in [1.807, 2.05) is 0 Å². The van der Waals surface area contributed by atoms with Gasteiger partial charge in [-0.25, -0.2) is 0 Å². The maximum absolute atomic E-state index is 2.67. The summed E-state index contributed by atoms with van der Waals surface area (Å²) in [7, 11) is 0. The second kappa shape index (κ2) is 5.75. The Balaban J connectivity index is 2.27. The molecule has 1 nitrogen and oxygen atoms in total. The largest absolute Gasteiger partial charge is 0.303 e. The van der Waals surface area contributed by atoms with Crippen LogP contribution in [0.25, 0.3) is 0 Å². The molecular formula is C13H27N. The van der Waals surface area contributed by atoms with E-state index >= 15 is 0 Å². The van der Waals surface area contributed by atoms with E-state index in [2.05, 4.69) is 32.6 Å². The average molecular weight is 197 g/mol. The van der Waals surface area contributed by atoms with Crippen LogP contribution in [0, 0.1) is 17.8 Å². The Kier molecular flexibility index (Phi) is 4.94. The van der Waals surface area contributed by atoms with Crippen molar-refractivity contribution >= 4 is 0 Å². The molecule has 0 aliphatic carbocycles. The standard InChI is InChI=1S/C13H27N/c1-5-13-10-14(8-6-11(2)3)9-7-12(13)4/h11-13H,5-10H2,1-4H3/t12-,13?/m1/s1. The molecule has 1 aliphatic rings. The van der Waals surface area contributed by atoms with Crippen molar-refractivity contribution in [1.82, 2.24) is 4.90 Å². The van der Waals surface area contributed by atoms with Gasteiger partial charge >= 0.3 is 0 Å². The van der Waals surface area contributed by atoms with Crippen LogP contribution in [0.2, 0.25) is 0 Å². The first-order valence-electron chi connectivity index (χ1n) is 6.35. The van der Waals surface area contributed by atoms with Crippen LogP contribution in [0.3, 0.4) is 0 Å². The van der Waals surface area contributed by atoms with Gasteiger partial charge in [0.1, 0.15) is 0 Å². The Morgan fingerprint density at radius 1 is 1.36 bits per heavy atom. The zero-order valence-electron chi connectivity index (χ0n) is 10.4. The maximum Gasteiger partial charge on any atom is 0.00121 e. The number of likely N-dealkylation sites (tertiary alicyclic amines) is 1. The van der Waals surface area contributed by atoms with Crippen LogP contribution in [0.4, 0.5) is 0 Å². The maximum atomic E-state index is 2.67. The fourth-order valence-corrected chi connectivity index (χ4v) is 2.40. The number of piperidine rings is 1. The summed E-state index contributed by atoms with van der Waals surface area (Å²) in [5.41, 5.74) is 0. The molecule has 1 saturated heterocycles. The fraction of sp³-hybridized carbons (Fsp3) is 1.00. The summed E-state index contributed by atoms with van der Waals surface area (Å²) in [4.78, 5) is 2.67. The zero-order valence-corrected chi connectivity index (χ0v) is 10.4. The summed E-state index contributed by atoms with van der Waals surface area (Å²) in [5.74, 6) is 2.76. The zero-order chi connectivity index (χ0) is 10.6. The summed E-state index contributed by atoms with van der Waals surface area (Å²) in [6.07, 6.45) is 4.14. The van der Waals surface area contributed by atoms with E-state index in [4.69, 9.17) is 0 Å². The lowest BCUT2D eigenvalue weighted by Gasteiger charge is -2.37. The van der Waals surface area contributed by atoms with Crippen molar-refractivity contribution in [3.05, 3.63) is 0 Å². The molecule has 0 aromatic heterocycles. The Labute approximate surface area is 89.9 Å². The van der Waals surface area contributed by atoms with E-state index in [0.717, 1.165) is 17.8 Å². The molecular weight excluding hydrogens is 170 g/mol. The highest BCUT2D eigenvalue weighted by Crippen LogP contribution is 2.25. The molecule has 0 aromatic rings. The van der Waals surface area contributed by atoms with E-state index < -0.39 is 0 Å². The molecule has 0 N–H and O–H groups in total. The predicted octanol–water partition coefficient (Wildman–Crippen LogP) is 3.40. The molecule has 84 valence electrons. The highest BCUT2D eigenvalue weighted by molar-refractivity contribution is 4.77. The van der Waals surface area contributed by atoms with Gasteiger partial charge in [0.15, 0.2) is 0 Å².